The fourth-order valence-corrected chi connectivity index (χ4v) is 4.23. The number of fused-ring (bicyclic) bond motifs is 1. The zero-order chi connectivity index (χ0) is 24.6. The van der Waals surface area contributed by atoms with E-state index in [9.17, 15) is 18.0 Å². The van der Waals surface area contributed by atoms with E-state index in [0.29, 0.717) is 17.7 Å². The summed E-state index contributed by atoms with van der Waals surface area (Å²) in [7, 11) is 0. The number of nitrogens with one attached hydrogen (secondary N) is 2. The van der Waals surface area contributed by atoms with Gasteiger partial charge in [-0.15, -0.1) is 0 Å². The molecular formula is C25H21F3N6O. The second kappa shape index (κ2) is 8.86. The molecule has 178 valence electrons. The molecule has 1 aliphatic rings. The van der Waals surface area contributed by atoms with Crippen molar-refractivity contribution < 1.29 is 18.0 Å². The maximum absolute atomic E-state index is 13.5. The minimum Gasteiger partial charge on any atom is -0.379 e. The van der Waals surface area contributed by atoms with Gasteiger partial charge in [0.05, 0.1) is 35.7 Å². The molecular weight excluding hydrogens is 457 g/mol. The second-order valence-electron chi connectivity index (χ2n) is 8.50. The molecule has 35 heavy (non-hydrogen) atoms. The number of nitrogens with zero attached hydrogens (tertiary/aromatic N) is 4. The summed E-state index contributed by atoms with van der Waals surface area (Å²) in [5.74, 6) is -0.479. The second-order valence-corrected chi connectivity index (χ2v) is 8.50. The number of anilines is 2. The number of halogens is 3. The number of hydrogen-bond donors (Lipinski definition) is 2. The Balaban J connectivity index is 1.35. The van der Waals surface area contributed by atoms with Crippen molar-refractivity contribution in [3.05, 3.63) is 95.6 Å². The number of carbonyl (C=O) groups is 1. The first-order chi connectivity index (χ1) is 16.7. The summed E-state index contributed by atoms with van der Waals surface area (Å²) in [6.45, 7) is 1.74. The molecule has 1 aliphatic carbocycles. The minimum absolute atomic E-state index is 0.0512. The summed E-state index contributed by atoms with van der Waals surface area (Å²) in [6.07, 6.45) is 4.84. The number of carbonyl (C=O) groups excluding carboxylic acids is 1. The largest absolute Gasteiger partial charge is 0.416 e. The number of imidazole rings is 1. The van der Waals surface area contributed by atoms with Crippen molar-refractivity contribution in [3.8, 4) is 5.69 Å². The lowest BCUT2D eigenvalue weighted by atomic mass is 10.1. The highest BCUT2D eigenvalue weighted by atomic mass is 19.4. The molecule has 2 N–H and O–H groups in total. The van der Waals surface area contributed by atoms with Crippen molar-refractivity contribution in [2.45, 2.75) is 32.0 Å². The molecule has 1 amide bonds. The van der Waals surface area contributed by atoms with Crippen molar-refractivity contribution in [2.75, 3.05) is 10.6 Å². The van der Waals surface area contributed by atoms with E-state index in [1.54, 1.807) is 37.6 Å². The zero-order valence-corrected chi connectivity index (χ0v) is 18.7. The number of rotatable bonds is 5. The smallest absolute Gasteiger partial charge is 0.379 e. The first-order valence-electron chi connectivity index (χ1n) is 10.9. The average Bonchev–Trinajstić information content (AvgIpc) is 3.44. The molecule has 2 heterocycles. The molecule has 0 fully saturated rings. The van der Waals surface area contributed by atoms with Gasteiger partial charge in [-0.05, 0) is 61.2 Å². The molecule has 1 atom stereocenters. The molecule has 0 saturated carbocycles. The highest BCUT2D eigenvalue weighted by molar-refractivity contribution is 6.04. The molecule has 0 spiro atoms. The van der Waals surface area contributed by atoms with Crippen LogP contribution in [0, 0.1) is 6.92 Å². The predicted octanol–water partition coefficient (Wildman–Crippen LogP) is 4.82. The first kappa shape index (κ1) is 22.6. The number of benzene rings is 2. The maximum atomic E-state index is 13.5. The topological polar surface area (TPSA) is 84.7 Å². The van der Waals surface area contributed by atoms with Crippen molar-refractivity contribution in [2.24, 2.45) is 0 Å². The van der Waals surface area contributed by atoms with Crippen molar-refractivity contribution in [1.29, 1.82) is 0 Å². The molecule has 2 aromatic heterocycles. The molecule has 4 aromatic rings. The standard InChI is InChI=1S/C25H21F3N6O/c1-15-12-34(14-31-15)23-8-19(25(26,27)28)7-21(9-23)33-24(35)17-3-2-16-5-20(6-18(16)4-17)32-22-10-29-13-30-11-22/h2-4,7-14,20,32H,5-6H2,1H3,(H,33,35)/t20-/m0/s1. The van der Waals surface area contributed by atoms with Crippen LogP contribution in [0.15, 0.2) is 67.6 Å². The highest BCUT2D eigenvalue weighted by Crippen LogP contribution is 2.33. The normalized spacial score (nSPS) is 15.0. The van der Waals surface area contributed by atoms with E-state index in [0.717, 1.165) is 35.4 Å². The van der Waals surface area contributed by atoms with Gasteiger partial charge in [-0.1, -0.05) is 6.07 Å². The highest BCUT2D eigenvalue weighted by Gasteiger charge is 2.32. The lowest BCUT2D eigenvalue weighted by Crippen LogP contribution is -2.19. The van der Waals surface area contributed by atoms with Gasteiger partial charge >= 0.3 is 6.18 Å². The van der Waals surface area contributed by atoms with Gasteiger partial charge in [-0.3, -0.25) is 4.79 Å². The van der Waals surface area contributed by atoms with E-state index in [4.69, 9.17) is 0 Å². The van der Waals surface area contributed by atoms with Crippen LogP contribution in [0.1, 0.15) is 32.7 Å². The summed E-state index contributed by atoms with van der Waals surface area (Å²) in [4.78, 5) is 25.0. The first-order valence-corrected chi connectivity index (χ1v) is 10.9. The van der Waals surface area contributed by atoms with E-state index in [1.807, 2.05) is 6.07 Å². The maximum Gasteiger partial charge on any atom is 0.416 e. The lowest BCUT2D eigenvalue weighted by Gasteiger charge is -2.14. The number of alkyl halides is 3. The van der Waals surface area contributed by atoms with Crippen LogP contribution in [0.5, 0.6) is 0 Å². The van der Waals surface area contributed by atoms with Gasteiger partial charge in [0, 0.05) is 29.2 Å². The van der Waals surface area contributed by atoms with Gasteiger partial charge in [0.25, 0.3) is 5.91 Å². The number of hydrogen-bond acceptors (Lipinski definition) is 5. The van der Waals surface area contributed by atoms with Crippen molar-refractivity contribution in [1.82, 2.24) is 19.5 Å². The van der Waals surface area contributed by atoms with Crippen LogP contribution in [0.4, 0.5) is 24.5 Å². The fourth-order valence-electron chi connectivity index (χ4n) is 4.23. The summed E-state index contributed by atoms with van der Waals surface area (Å²) >= 11 is 0. The molecule has 0 aliphatic heterocycles. The Bertz CT molecular complexity index is 1380. The molecule has 5 rings (SSSR count). The van der Waals surface area contributed by atoms with Crippen LogP contribution in [0.25, 0.3) is 5.69 Å². The third-order valence-corrected chi connectivity index (χ3v) is 5.85. The van der Waals surface area contributed by atoms with Gasteiger partial charge in [0.15, 0.2) is 0 Å². The summed E-state index contributed by atoms with van der Waals surface area (Å²) < 4.78 is 42.0. The van der Waals surface area contributed by atoms with Crippen LogP contribution < -0.4 is 10.6 Å². The van der Waals surface area contributed by atoms with Gasteiger partial charge in [0.2, 0.25) is 0 Å². The van der Waals surface area contributed by atoms with E-state index < -0.39 is 17.6 Å². The van der Waals surface area contributed by atoms with Crippen molar-refractivity contribution >= 4 is 17.3 Å². The third-order valence-electron chi connectivity index (χ3n) is 5.85. The molecule has 0 saturated heterocycles. The Kier molecular flexibility index (Phi) is 5.72. The number of aromatic nitrogens is 4. The zero-order valence-electron chi connectivity index (χ0n) is 18.7. The van der Waals surface area contributed by atoms with Gasteiger partial charge in [-0.2, -0.15) is 13.2 Å². The number of amides is 1. The predicted molar refractivity (Wildman–Crippen MR) is 125 cm³/mol. The molecule has 7 nitrogen and oxygen atoms in total. The lowest BCUT2D eigenvalue weighted by molar-refractivity contribution is -0.137. The Morgan fingerprint density at radius 1 is 1.03 bits per heavy atom. The molecule has 0 unspecified atom stereocenters. The fraction of sp³-hybridized carbons (Fsp3) is 0.200. The molecule has 0 radical (unpaired) electrons. The van der Waals surface area contributed by atoms with Crippen LogP contribution >= 0.6 is 0 Å². The Hall–Kier alpha value is -4.21. The number of aryl methyl sites for hydroxylation is 1. The third kappa shape index (κ3) is 5.01. The Morgan fingerprint density at radius 2 is 1.80 bits per heavy atom. The molecule has 10 heteroatoms. The average molecular weight is 478 g/mol. The minimum atomic E-state index is -4.56. The summed E-state index contributed by atoms with van der Waals surface area (Å²) in [6, 6.07) is 8.96. The van der Waals surface area contributed by atoms with Gasteiger partial charge < -0.3 is 15.2 Å². The van der Waals surface area contributed by atoms with Crippen LogP contribution in [-0.4, -0.2) is 31.5 Å². The summed E-state index contributed by atoms with van der Waals surface area (Å²) in [5.41, 5.74) is 3.45. The Labute approximate surface area is 199 Å². The summed E-state index contributed by atoms with van der Waals surface area (Å²) in [5, 5.41) is 6.01. The van der Waals surface area contributed by atoms with Crippen LogP contribution in [0.2, 0.25) is 0 Å². The van der Waals surface area contributed by atoms with Crippen LogP contribution in [0.3, 0.4) is 0 Å². The molecule has 0 bridgehead atoms. The molecule has 2 aromatic carbocycles. The monoisotopic (exact) mass is 478 g/mol. The van der Waals surface area contributed by atoms with Crippen LogP contribution in [-0.2, 0) is 19.0 Å². The van der Waals surface area contributed by atoms with Gasteiger partial charge in [0.1, 0.15) is 6.33 Å². The van der Waals surface area contributed by atoms with E-state index in [2.05, 4.69) is 25.6 Å². The van der Waals surface area contributed by atoms with Crippen molar-refractivity contribution in [3.63, 3.8) is 0 Å². The Morgan fingerprint density at radius 3 is 2.51 bits per heavy atom. The SMILES string of the molecule is Cc1cn(-c2cc(NC(=O)c3ccc4c(c3)C[C@@H](Nc3cncnc3)C4)cc(C(F)(F)F)c2)cn1. The van der Waals surface area contributed by atoms with Gasteiger partial charge in [-0.25, -0.2) is 15.0 Å². The van der Waals surface area contributed by atoms with E-state index in [-0.39, 0.29) is 17.4 Å². The van der Waals surface area contributed by atoms with E-state index >= 15 is 0 Å². The quantitative estimate of drug-likeness (QED) is 0.430. The van der Waals surface area contributed by atoms with E-state index in [1.165, 1.54) is 23.3 Å².